The second-order valence-electron chi connectivity index (χ2n) is 7.47. The van der Waals surface area contributed by atoms with Gasteiger partial charge in [0.2, 0.25) is 5.95 Å². The molecule has 0 aliphatic heterocycles. The Balaban J connectivity index is 0.00000145. The average molecular weight is 497 g/mol. The fraction of sp³-hybridized carbons (Fsp3) is 0.280. The van der Waals surface area contributed by atoms with Crippen molar-refractivity contribution in [1.82, 2.24) is 20.6 Å². The molecular formula is C25H33FN8O2. The van der Waals surface area contributed by atoms with E-state index in [0.717, 1.165) is 18.3 Å². The zero-order chi connectivity index (χ0) is 26.2. The summed E-state index contributed by atoms with van der Waals surface area (Å²) < 4.78 is 14.3. The Hall–Kier alpha value is -4.09. The molecule has 6 N–H and O–H groups in total. The van der Waals surface area contributed by atoms with E-state index < -0.39 is 5.82 Å². The quantitative estimate of drug-likeness (QED) is 0.222. The third-order valence-corrected chi connectivity index (χ3v) is 4.29. The highest BCUT2D eigenvalue weighted by atomic mass is 19.1. The molecule has 36 heavy (non-hydrogen) atoms. The van der Waals surface area contributed by atoms with Gasteiger partial charge in [-0.25, -0.2) is 9.37 Å². The lowest BCUT2D eigenvalue weighted by molar-refractivity contribution is -0.114. The highest BCUT2D eigenvalue weighted by Gasteiger charge is 2.09. The molecule has 1 aromatic heterocycles. The number of carbonyl (C=O) groups is 1. The number of hydrogen-bond donors (Lipinski definition) is 6. The molecule has 3 aromatic rings. The Labute approximate surface area is 210 Å². The van der Waals surface area contributed by atoms with Gasteiger partial charge in [-0.15, -0.1) is 0 Å². The van der Waals surface area contributed by atoms with Crippen molar-refractivity contribution in [1.29, 1.82) is 0 Å². The van der Waals surface area contributed by atoms with Gasteiger partial charge in [0.25, 0.3) is 5.91 Å². The van der Waals surface area contributed by atoms with Crippen LogP contribution >= 0.6 is 0 Å². The van der Waals surface area contributed by atoms with Crippen LogP contribution in [-0.4, -0.2) is 61.0 Å². The lowest BCUT2D eigenvalue weighted by atomic mass is 10.2. The molecule has 0 saturated carbocycles. The molecule has 10 nitrogen and oxygen atoms in total. The fourth-order valence-corrected chi connectivity index (χ4v) is 2.78. The van der Waals surface area contributed by atoms with Crippen LogP contribution in [0.15, 0.2) is 59.7 Å². The number of aliphatic hydroxyl groups excluding tert-OH is 1. The molecule has 192 valence electrons. The van der Waals surface area contributed by atoms with Gasteiger partial charge in [0.1, 0.15) is 0 Å². The second-order valence-corrected chi connectivity index (χ2v) is 7.47. The smallest absolute Gasteiger partial charge is 0.262 e. The minimum Gasteiger partial charge on any atom is -0.395 e. The Kier molecular flexibility index (Phi) is 12.3. The van der Waals surface area contributed by atoms with Gasteiger partial charge in [-0.2, -0.15) is 4.98 Å². The number of carbonyl (C=O) groups excluding carboxylic acids is 1. The van der Waals surface area contributed by atoms with Crippen LogP contribution in [0, 0.1) is 5.82 Å². The maximum atomic E-state index is 14.3. The maximum absolute atomic E-state index is 14.3. The molecule has 0 radical (unpaired) electrons. The summed E-state index contributed by atoms with van der Waals surface area (Å²) in [6, 6.07) is 14.2. The summed E-state index contributed by atoms with van der Waals surface area (Å²) in [4.78, 5) is 24.1. The predicted molar refractivity (Wildman–Crippen MR) is 143 cm³/mol. The van der Waals surface area contributed by atoms with Crippen molar-refractivity contribution in [3.8, 4) is 0 Å². The number of nitrogens with zero attached hydrogens (tertiary/aromatic N) is 3. The van der Waals surface area contributed by atoms with E-state index >= 15 is 0 Å². The summed E-state index contributed by atoms with van der Waals surface area (Å²) in [7, 11) is 3.75. The fourth-order valence-electron chi connectivity index (χ4n) is 2.78. The molecule has 0 atom stereocenters. The lowest BCUT2D eigenvalue weighted by Crippen LogP contribution is -2.24. The van der Waals surface area contributed by atoms with Gasteiger partial charge in [0, 0.05) is 30.2 Å². The van der Waals surface area contributed by atoms with E-state index in [-0.39, 0.29) is 24.3 Å². The Morgan fingerprint density at radius 3 is 2.47 bits per heavy atom. The molecule has 0 bridgehead atoms. The Morgan fingerprint density at radius 2 is 1.75 bits per heavy atom. The normalized spacial score (nSPS) is 10.4. The number of halogens is 1. The molecule has 3 rings (SSSR count). The number of rotatable bonds is 11. The van der Waals surface area contributed by atoms with Crippen LogP contribution < -0.4 is 26.6 Å². The van der Waals surface area contributed by atoms with Crippen molar-refractivity contribution in [2.45, 2.75) is 13.3 Å². The monoisotopic (exact) mass is 496 g/mol. The SMILES string of the molecule is CCCNC(=O)C=Nc1cccc(Nc2ncc(F)c(Nc3cccc(NCCO)c3)n2)c1.CNC. The van der Waals surface area contributed by atoms with Crippen molar-refractivity contribution in [3.63, 3.8) is 0 Å². The van der Waals surface area contributed by atoms with Crippen molar-refractivity contribution in [2.75, 3.05) is 49.7 Å². The Bertz CT molecular complexity index is 1130. The lowest BCUT2D eigenvalue weighted by Gasteiger charge is -2.11. The van der Waals surface area contributed by atoms with Gasteiger partial charge < -0.3 is 31.7 Å². The number of anilines is 5. The molecule has 1 heterocycles. The van der Waals surface area contributed by atoms with E-state index in [1.165, 1.54) is 6.21 Å². The summed E-state index contributed by atoms with van der Waals surface area (Å²) in [6.45, 7) is 2.98. The van der Waals surface area contributed by atoms with Gasteiger partial charge in [-0.3, -0.25) is 9.79 Å². The largest absolute Gasteiger partial charge is 0.395 e. The van der Waals surface area contributed by atoms with E-state index in [0.29, 0.717) is 30.2 Å². The van der Waals surface area contributed by atoms with Crippen molar-refractivity contribution in [2.24, 2.45) is 4.99 Å². The van der Waals surface area contributed by atoms with E-state index in [2.05, 4.69) is 41.5 Å². The standard InChI is InChI=1S/C23H26FN7O2.C2H7N/c1-2-9-26-21(33)15-27-17-6-4-8-19(13-17)30-23-28-14-20(24)22(31-23)29-18-7-3-5-16(12-18)25-10-11-32;1-3-2/h3-8,12-15,25,32H,2,9-11H2,1H3,(H,26,33)(H2,28,29,30,31);3H,1-2H3. The number of aliphatic hydroxyl groups is 1. The zero-order valence-electron chi connectivity index (χ0n) is 20.7. The van der Waals surface area contributed by atoms with E-state index in [1.807, 2.05) is 27.1 Å². The minimum atomic E-state index is -0.606. The first kappa shape index (κ1) is 28.1. The molecule has 2 aromatic carbocycles. The molecule has 0 aliphatic carbocycles. The van der Waals surface area contributed by atoms with Gasteiger partial charge in [-0.1, -0.05) is 19.1 Å². The van der Waals surface area contributed by atoms with Gasteiger partial charge >= 0.3 is 0 Å². The molecular weight excluding hydrogens is 463 g/mol. The van der Waals surface area contributed by atoms with Crippen LogP contribution in [0.2, 0.25) is 0 Å². The average Bonchev–Trinajstić information content (AvgIpc) is 2.88. The number of aromatic nitrogens is 2. The third kappa shape index (κ3) is 10.0. The van der Waals surface area contributed by atoms with Crippen LogP contribution in [0.4, 0.5) is 38.9 Å². The molecule has 0 aliphatic rings. The highest BCUT2D eigenvalue weighted by Crippen LogP contribution is 2.24. The van der Waals surface area contributed by atoms with Gasteiger partial charge in [0.05, 0.1) is 24.7 Å². The summed E-state index contributed by atoms with van der Waals surface area (Å²) in [6.07, 6.45) is 3.15. The molecule has 0 saturated heterocycles. The second kappa shape index (κ2) is 15.7. The summed E-state index contributed by atoms with van der Waals surface area (Å²) >= 11 is 0. The first-order valence-electron chi connectivity index (χ1n) is 11.5. The number of nitrogens with one attached hydrogen (secondary N) is 5. The molecule has 1 amide bonds. The van der Waals surface area contributed by atoms with Crippen molar-refractivity contribution < 1.29 is 14.3 Å². The molecule has 0 fully saturated rings. The third-order valence-electron chi connectivity index (χ3n) is 4.29. The highest BCUT2D eigenvalue weighted by molar-refractivity contribution is 6.26. The molecule has 0 spiro atoms. The summed E-state index contributed by atoms with van der Waals surface area (Å²) in [5.41, 5.74) is 2.60. The number of benzene rings is 2. The summed E-state index contributed by atoms with van der Waals surface area (Å²) in [5, 5.41) is 23.4. The molecule has 11 heteroatoms. The predicted octanol–water partition coefficient (Wildman–Crippen LogP) is 3.57. The van der Waals surface area contributed by atoms with Crippen LogP contribution in [0.25, 0.3) is 0 Å². The Morgan fingerprint density at radius 1 is 1.06 bits per heavy atom. The van der Waals surface area contributed by atoms with Crippen LogP contribution in [-0.2, 0) is 4.79 Å². The van der Waals surface area contributed by atoms with Gasteiger partial charge in [-0.05, 0) is 56.9 Å². The van der Waals surface area contributed by atoms with Crippen molar-refractivity contribution >= 4 is 46.6 Å². The maximum Gasteiger partial charge on any atom is 0.262 e. The number of amides is 1. The zero-order valence-corrected chi connectivity index (χ0v) is 20.7. The van der Waals surface area contributed by atoms with Crippen LogP contribution in [0.3, 0.4) is 0 Å². The van der Waals surface area contributed by atoms with E-state index in [1.54, 1.807) is 42.5 Å². The van der Waals surface area contributed by atoms with E-state index in [4.69, 9.17) is 5.11 Å². The minimum absolute atomic E-state index is 0.00574. The first-order valence-corrected chi connectivity index (χ1v) is 11.5. The van der Waals surface area contributed by atoms with Gasteiger partial charge in [0.15, 0.2) is 11.6 Å². The first-order chi connectivity index (χ1) is 17.5. The topological polar surface area (TPSA) is 136 Å². The van der Waals surface area contributed by atoms with Crippen molar-refractivity contribution in [3.05, 3.63) is 60.5 Å². The number of aliphatic imine (C=N–C) groups is 1. The van der Waals surface area contributed by atoms with E-state index in [9.17, 15) is 9.18 Å². The van der Waals surface area contributed by atoms with Crippen LogP contribution in [0.1, 0.15) is 13.3 Å². The summed E-state index contributed by atoms with van der Waals surface area (Å²) in [5.74, 6) is -0.669. The number of hydrogen-bond acceptors (Lipinski definition) is 9. The van der Waals surface area contributed by atoms with Crippen LogP contribution in [0.5, 0.6) is 0 Å². The molecule has 0 unspecified atom stereocenters.